The predicted molar refractivity (Wildman–Crippen MR) is 125 cm³/mol. The van der Waals surface area contributed by atoms with E-state index in [0.29, 0.717) is 37.7 Å². The van der Waals surface area contributed by atoms with Gasteiger partial charge >= 0.3 is 6.03 Å². The summed E-state index contributed by atoms with van der Waals surface area (Å²) >= 11 is 0. The second kappa shape index (κ2) is 11.1. The first kappa shape index (κ1) is 25.1. The molecule has 3 unspecified atom stereocenters. The fourth-order valence-corrected chi connectivity index (χ4v) is 3.98. The van der Waals surface area contributed by atoms with Crippen molar-refractivity contribution >= 4 is 23.5 Å². The van der Waals surface area contributed by atoms with Crippen LogP contribution in [0.25, 0.3) is 0 Å². The molecule has 0 radical (unpaired) electrons. The van der Waals surface area contributed by atoms with E-state index in [0.717, 1.165) is 12.1 Å². The van der Waals surface area contributed by atoms with Crippen molar-refractivity contribution in [2.24, 2.45) is 5.92 Å². The number of benzene rings is 2. The van der Waals surface area contributed by atoms with Gasteiger partial charge in [0.25, 0.3) is 5.91 Å². The van der Waals surface area contributed by atoms with Crippen LogP contribution in [0.15, 0.2) is 48.5 Å². The van der Waals surface area contributed by atoms with Crippen LogP contribution >= 0.6 is 0 Å². The normalized spacial score (nSPS) is 17.6. The van der Waals surface area contributed by atoms with E-state index < -0.39 is 23.7 Å². The maximum atomic E-state index is 13.9. The van der Waals surface area contributed by atoms with Gasteiger partial charge in [-0.3, -0.25) is 9.59 Å². The number of carbonyl (C=O) groups is 3. The molecule has 3 rings (SSSR count). The summed E-state index contributed by atoms with van der Waals surface area (Å²) < 4.78 is 27.0. The second-order valence-corrected chi connectivity index (χ2v) is 8.58. The first-order valence-corrected chi connectivity index (χ1v) is 11.4. The lowest BCUT2D eigenvalue weighted by molar-refractivity contribution is -0.136. The molecule has 1 fully saturated rings. The third kappa shape index (κ3) is 5.89. The van der Waals surface area contributed by atoms with Crippen LogP contribution < -0.4 is 10.6 Å². The van der Waals surface area contributed by atoms with Crippen molar-refractivity contribution in [1.82, 2.24) is 15.1 Å². The van der Waals surface area contributed by atoms with Crippen LogP contribution in [-0.2, 0) is 4.79 Å². The average molecular weight is 473 g/mol. The van der Waals surface area contributed by atoms with E-state index >= 15 is 0 Å². The molecular formula is C25H30F2N4O3. The molecule has 182 valence electrons. The van der Waals surface area contributed by atoms with Crippen LogP contribution in [0.4, 0.5) is 19.3 Å². The van der Waals surface area contributed by atoms with Gasteiger partial charge in [-0.05, 0) is 37.1 Å². The lowest BCUT2D eigenvalue weighted by Gasteiger charge is -2.41. The maximum Gasteiger partial charge on any atom is 0.319 e. The highest BCUT2D eigenvalue weighted by molar-refractivity contribution is 5.95. The Labute approximate surface area is 198 Å². The van der Waals surface area contributed by atoms with Gasteiger partial charge in [0.15, 0.2) is 0 Å². The van der Waals surface area contributed by atoms with Crippen molar-refractivity contribution in [2.45, 2.75) is 39.3 Å². The number of rotatable bonds is 6. The van der Waals surface area contributed by atoms with Crippen LogP contribution in [0.1, 0.15) is 37.6 Å². The zero-order valence-corrected chi connectivity index (χ0v) is 19.6. The van der Waals surface area contributed by atoms with Gasteiger partial charge in [-0.25, -0.2) is 13.6 Å². The lowest BCUT2D eigenvalue weighted by atomic mass is 9.97. The van der Waals surface area contributed by atoms with Gasteiger partial charge in [-0.1, -0.05) is 38.5 Å². The van der Waals surface area contributed by atoms with Crippen molar-refractivity contribution in [3.63, 3.8) is 0 Å². The quantitative estimate of drug-likeness (QED) is 0.670. The fraction of sp³-hybridized carbons (Fsp3) is 0.400. The van der Waals surface area contributed by atoms with Crippen molar-refractivity contribution in [1.29, 1.82) is 0 Å². The second-order valence-electron chi connectivity index (χ2n) is 8.58. The molecule has 9 heteroatoms. The highest BCUT2D eigenvalue weighted by Gasteiger charge is 2.35. The van der Waals surface area contributed by atoms with Crippen LogP contribution in [0, 0.1) is 17.6 Å². The minimum Gasteiger partial charge on any atom is -0.337 e. The number of hydrogen-bond donors (Lipinski definition) is 2. The highest BCUT2D eigenvalue weighted by Crippen LogP contribution is 2.19. The monoisotopic (exact) mass is 472 g/mol. The molecule has 1 aliphatic heterocycles. The van der Waals surface area contributed by atoms with Gasteiger partial charge in [-0.15, -0.1) is 0 Å². The van der Waals surface area contributed by atoms with Crippen molar-refractivity contribution < 1.29 is 23.2 Å². The molecule has 2 aromatic rings. The average Bonchev–Trinajstić information content (AvgIpc) is 2.83. The summed E-state index contributed by atoms with van der Waals surface area (Å²) in [5, 5.41) is 4.99. The van der Waals surface area contributed by atoms with E-state index in [1.54, 1.807) is 21.9 Å². The molecule has 2 aromatic carbocycles. The number of carbonyl (C=O) groups excluding carboxylic acids is 3. The number of halogens is 2. The SMILES string of the molecule is CCC(C)C(NC(=O)Nc1ccc(F)cc1F)C(=O)N1CCN(C(=O)c2ccccc2)C(C)C1. The van der Waals surface area contributed by atoms with Crippen molar-refractivity contribution in [2.75, 3.05) is 25.0 Å². The van der Waals surface area contributed by atoms with E-state index in [4.69, 9.17) is 0 Å². The van der Waals surface area contributed by atoms with Crippen LogP contribution in [0.3, 0.4) is 0 Å². The van der Waals surface area contributed by atoms with Gasteiger partial charge in [0.2, 0.25) is 5.91 Å². The van der Waals surface area contributed by atoms with Gasteiger partial charge < -0.3 is 20.4 Å². The lowest BCUT2D eigenvalue weighted by Crippen LogP contribution is -2.60. The molecule has 0 spiro atoms. The summed E-state index contributed by atoms with van der Waals surface area (Å²) in [5.41, 5.74) is 0.411. The Morgan fingerprint density at radius 1 is 1.09 bits per heavy atom. The van der Waals surface area contributed by atoms with E-state index in [1.807, 2.05) is 39.0 Å². The van der Waals surface area contributed by atoms with Crippen LogP contribution in [0.2, 0.25) is 0 Å². The van der Waals surface area contributed by atoms with E-state index in [9.17, 15) is 23.2 Å². The molecule has 34 heavy (non-hydrogen) atoms. The Hall–Kier alpha value is -3.49. The summed E-state index contributed by atoms with van der Waals surface area (Å²) in [7, 11) is 0. The number of nitrogens with zero attached hydrogens (tertiary/aromatic N) is 2. The Bertz CT molecular complexity index is 1030. The number of anilines is 1. The zero-order valence-electron chi connectivity index (χ0n) is 19.6. The molecular weight excluding hydrogens is 442 g/mol. The number of nitrogens with one attached hydrogen (secondary N) is 2. The van der Waals surface area contributed by atoms with Crippen molar-refractivity contribution in [3.8, 4) is 0 Å². The van der Waals surface area contributed by atoms with Gasteiger partial charge in [0.1, 0.15) is 17.7 Å². The smallest absolute Gasteiger partial charge is 0.319 e. The summed E-state index contributed by atoms with van der Waals surface area (Å²) in [5.74, 6) is -2.19. The summed E-state index contributed by atoms with van der Waals surface area (Å²) in [6.07, 6.45) is 0.629. The largest absolute Gasteiger partial charge is 0.337 e. The molecule has 1 aliphatic rings. The Kier molecular flexibility index (Phi) is 8.20. The summed E-state index contributed by atoms with van der Waals surface area (Å²) in [6.45, 7) is 6.69. The summed E-state index contributed by atoms with van der Waals surface area (Å²) in [4.78, 5) is 42.1. The Balaban J connectivity index is 1.66. The molecule has 0 aromatic heterocycles. The molecule has 1 heterocycles. The zero-order chi connectivity index (χ0) is 24.8. The molecule has 1 saturated heterocycles. The predicted octanol–water partition coefficient (Wildman–Crippen LogP) is 3.87. The third-order valence-electron chi connectivity index (χ3n) is 6.17. The minimum absolute atomic E-state index is 0.0856. The van der Waals surface area contributed by atoms with E-state index in [-0.39, 0.29) is 29.5 Å². The molecule has 2 N–H and O–H groups in total. The molecule has 3 atom stereocenters. The number of piperazine rings is 1. The third-order valence-corrected chi connectivity index (χ3v) is 6.17. The van der Waals surface area contributed by atoms with E-state index in [2.05, 4.69) is 10.6 Å². The highest BCUT2D eigenvalue weighted by atomic mass is 19.1. The van der Waals surface area contributed by atoms with Gasteiger partial charge in [0, 0.05) is 37.3 Å². The molecule has 0 bridgehead atoms. The molecule has 0 aliphatic carbocycles. The summed E-state index contributed by atoms with van der Waals surface area (Å²) in [6, 6.07) is 10.0. The van der Waals surface area contributed by atoms with Crippen molar-refractivity contribution in [3.05, 3.63) is 65.7 Å². The first-order chi connectivity index (χ1) is 16.2. The maximum absolute atomic E-state index is 13.9. The molecule has 0 saturated carbocycles. The molecule has 4 amide bonds. The standard InChI is InChI=1S/C25H30F2N4O3/c1-4-16(2)22(29-25(34)28-21-11-10-19(26)14-20(21)27)24(33)30-12-13-31(17(3)15-30)23(32)18-8-6-5-7-9-18/h5-11,14,16-17,22H,4,12-13,15H2,1-3H3,(H2,28,29,34). The first-order valence-electron chi connectivity index (χ1n) is 11.4. The van der Waals surface area contributed by atoms with Crippen LogP contribution in [0.5, 0.6) is 0 Å². The Morgan fingerprint density at radius 2 is 1.79 bits per heavy atom. The number of amides is 4. The topological polar surface area (TPSA) is 81.8 Å². The van der Waals surface area contributed by atoms with Crippen LogP contribution in [-0.4, -0.2) is 59.4 Å². The number of hydrogen-bond acceptors (Lipinski definition) is 3. The molecule has 7 nitrogen and oxygen atoms in total. The van der Waals surface area contributed by atoms with Gasteiger partial charge in [0.05, 0.1) is 5.69 Å². The minimum atomic E-state index is -0.908. The Morgan fingerprint density at radius 3 is 2.41 bits per heavy atom. The number of urea groups is 1. The fourth-order valence-electron chi connectivity index (χ4n) is 3.98. The van der Waals surface area contributed by atoms with Gasteiger partial charge in [-0.2, -0.15) is 0 Å². The van der Waals surface area contributed by atoms with E-state index in [1.165, 1.54) is 0 Å².